The maximum absolute atomic E-state index is 12.3. The molecular weight excluding hydrogens is 328 g/mol. The summed E-state index contributed by atoms with van der Waals surface area (Å²) in [7, 11) is 1.63. The van der Waals surface area contributed by atoms with E-state index >= 15 is 0 Å². The minimum atomic E-state index is -0.495. The Balaban J connectivity index is 1.73. The summed E-state index contributed by atoms with van der Waals surface area (Å²) in [4.78, 5) is 23.7. The molecule has 3 aromatic rings. The molecule has 0 unspecified atom stereocenters. The van der Waals surface area contributed by atoms with E-state index in [4.69, 9.17) is 9.47 Å². The Kier molecular flexibility index (Phi) is 5.13. The number of hydrogen-bond donors (Lipinski definition) is 0. The highest BCUT2D eigenvalue weighted by atomic mass is 16.5. The van der Waals surface area contributed by atoms with E-state index in [0.29, 0.717) is 16.9 Å². The number of carbonyl (C=O) groups excluding carboxylic acids is 2. The summed E-state index contributed by atoms with van der Waals surface area (Å²) in [5.74, 6) is 0.654. The van der Waals surface area contributed by atoms with Gasteiger partial charge in [-0.3, -0.25) is 4.79 Å². The van der Waals surface area contributed by atoms with Gasteiger partial charge in [0.1, 0.15) is 11.5 Å². The van der Waals surface area contributed by atoms with Gasteiger partial charge in [-0.05, 0) is 54.4 Å². The van der Waals surface area contributed by atoms with Crippen molar-refractivity contribution in [3.05, 3.63) is 83.9 Å². The lowest BCUT2D eigenvalue weighted by molar-refractivity contribution is 0.0735. The Hall–Kier alpha value is -3.40. The molecule has 130 valence electrons. The first-order valence-corrected chi connectivity index (χ1v) is 8.14. The van der Waals surface area contributed by atoms with Gasteiger partial charge in [-0.15, -0.1) is 0 Å². The van der Waals surface area contributed by atoms with Gasteiger partial charge in [0.2, 0.25) is 0 Å². The molecule has 0 aliphatic rings. The first-order valence-electron chi connectivity index (χ1n) is 8.14. The summed E-state index contributed by atoms with van der Waals surface area (Å²) < 4.78 is 10.5. The van der Waals surface area contributed by atoms with Gasteiger partial charge in [-0.25, -0.2) is 4.79 Å². The van der Waals surface area contributed by atoms with E-state index < -0.39 is 5.97 Å². The summed E-state index contributed by atoms with van der Waals surface area (Å²) >= 11 is 0. The van der Waals surface area contributed by atoms with Crippen molar-refractivity contribution in [3.8, 4) is 22.6 Å². The van der Waals surface area contributed by atoms with E-state index in [2.05, 4.69) is 0 Å². The minimum Gasteiger partial charge on any atom is -0.497 e. The molecule has 0 bridgehead atoms. The number of ketones is 1. The number of Topliss-reactive ketones (excluding diaryl/α,β-unsaturated/α-hetero) is 1. The third kappa shape index (κ3) is 3.98. The molecule has 0 N–H and O–H groups in total. The lowest BCUT2D eigenvalue weighted by atomic mass is 10.1. The topological polar surface area (TPSA) is 52.6 Å². The molecule has 0 spiro atoms. The molecule has 0 saturated carbocycles. The Morgan fingerprint density at radius 2 is 1.27 bits per heavy atom. The molecular formula is C22H18O4. The number of ether oxygens (including phenoxy) is 2. The molecule has 0 fully saturated rings. The highest BCUT2D eigenvalue weighted by Gasteiger charge is 2.11. The monoisotopic (exact) mass is 346 g/mol. The first-order chi connectivity index (χ1) is 12.6. The second kappa shape index (κ2) is 7.66. The summed E-state index contributed by atoms with van der Waals surface area (Å²) in [6, 6.07) is 21.5. The molecule has 0 aliphatic carbocycles. The number of benzene rings is 3. The largest absolute Gasteiger partial charge is 0.497 e. The average molecular weight is 346 g/mol. The molecule has 4 nitrogen and oxygen atoms in total. The van der Waals surface area contributed by atoms with Crippen LogP contribution < -0.4 is 9.47 Å². The molecule has 3 aromatic carbocycles. The van der Waals surface area contributed by atoms with Crippen molar-refractivity contribution in [1.29, 1.82) is 0 Å². The van der Waals surface area contributed by atoms with Gasteiger partial charge in [0.05, 0.1) is 12.7 Å². The van der Waals surface area contributed by atoms with Crippen LogP contribution in [0.1, 0.15) is 27.6 Å². The molecule has 0 amide bonds. The van der Waals surface area contributed by atoms with Gasteiger partial charge >= 0.3 is 5.97 Å². The molecule has 0 radical (unpaired) electrons. The summed E-state index contributed by atoms with van der Waals surface area (Å²) in [6.45, 7) is 1.46. The maximum Gasteiger partial charge on any atom is 0.343 e. The summed E-state index contributed by atoms with van der Waals surface area (Å²) in [6.07, 6.45) is 0. The van der Waals surface area contributed by atoms with Crippen molar-refractivity contribution in [2.24, 2.45) is 0 Å². The standard InChI is InChI=1S/C22H18O4/c1-15(23)18-4-3-5-19(14-18)22(24)26-21-12-8-17(9-13-21)16-6-10-20(25-2)11-7-16/h3-14H,1-2H3. The number of methoxy groups -OCH3 is 1. The van der Waals surface area contributed by atoms with E-state index in [0.717, 1.165) is 16.9 Å². The van der Waals surface area contributed by atoms with Crippen molar-refractivity contribution in [2.75, 3.05) is 7.11 Å². The zero-order chi connectivity index (χ0) is 18.5. The average Bonchev–Trinajstić information content (AvgIpc) is 2.68. The van der Waals surface area contributed by atoms with E-state index in [1.165, 1.54) is 13.0 Å². The normalized spacial score (nSPS) is 10.2. The van der Waals surface area contributed by atoms with Crippen LogP contribution in [0.5, 0.6) is 11.5 Å². The highest BCUT2D eigenvalue weighted by molar-refractivity contribution is 5.98. The number of rotatable bonds is 5. The van der Waals surface area contributed by atoms with E-state index in [1.807, 2.05) is 36.4 Å². The van der Waals surface area contributed by atoms with Crippen LogP contribution in [0.3, 0.4) is 0 Å². The molecule has 26 heavy (non-hydrogen) atoms. The van der Waals surface area contributed by atoms with Gasteiger partial charge in [0.15, 0.2) is 5.78 Å². The molecule has 0 aliphatic heterocycles. The zero-order valence-electron chi connectivity index (χ0n) is 14.6. The van der Waals surface area contributed by atoms with Crippen molar-refractivity contribution in [3.63, 3.8) is 0 Å². The van der Waals surface area contributed by atoms with Gasteiger partial charge < -0.3 is 9.47 Å². The number of esters is 1. The fourth-order valence-electron chi connectivity index (χ4n) is 2.53. The Morgan fingerprint density at radius 1 is 0.731 bits per heavy atom. The maximum atomic E-state index is 12.3. The second-order valence-corrected chi connectivity index (χ2v) is 5.78. The fraction of sp³-hybridized carbons (Fsp3) is 0.0909. The molecule has 0 aromatic heterocycles. The van der Waals surface area contributed by atoms with Crippen molar-refractivity contribution >= 4 is 11.8 Å². The van der Waals surface area contributed by atoms with Crippen LogP contribution in [0.15, 0.2) is 72.8 Å². The molecule has 4 heteroatoms. The lowest BCUT2D eigenvalue weighted by Crippen LogP contribution is -2.09. The summed E-state index contributed by atoms with van der Waals surface area (Å²) in [5.41, 5.74) is 2.87. The van der Waals surface area contributed by atoms with E-state index in [9.17, 15) is 9.59 Å². The molecule has 0 heterocycles. The Labute approximate surface area is 152 Å². The predicted octanol–water partition coefficient (Wildman–Crippen LogP) is 4.78. The smallest absolute Gasteiger partial charge is 0.343 e. The van der Waals surface area contributed by atoms with Gasteiger partial charge in [-0.1, -0.05) is 36.4 Å². The Bertz CT molecular complexity index is 925. The van der Waals surface area contributed by atoms with Crippen molar-refractivity contribution in [2.45, 2.75) is 6.92 Å². The first kappa shape index (κ1) is 17.4. The quantitative estimate of drug-likeness (QED) is 0.379. The van der Waals surface area contributed by atoms with Crippen molar-refractivity contribution in [1.82, 2.24) is 0 Å². The van der Waals surface area contributed by atoms with Crippen LogP contribution in [-0.4, -0.2) is 18.9 Å². The highest BCUT2D eigenvalue weighted by Crippen LogP contribution is 2.25. The zero-order valence-corrected chi connectivity index (χ0v) is 14.6. The third-order valence-electron chi connectivity index (χ3n) is 3.99. The van der Waals surface area contributed by atoms with Crippen molar-refractivity contribution < 1.29 is 19.1 Å². The van der Waals surface area contributed by atoms with Gasteiger partial charge in [-0.2, -0.15) is 0 Å². The van der Waals surface area contributed by atoms with Crippen LogP contribution in [-0.2, 0) is 0 Å². The van der Waals surface area contributed by atoms with Gasteiger partial charge in [0, 0.05) is 5.56 Å². The van der Waals surface area contributed by atoms with Crippen LogP contribution in [0.25, 0.3) is 11.1 Å². The second-order valence-electron chi connectivity index (χ2n) is 5.78. The predicted molar refractivity (Wildman–Crippen MR) is 99.8 cm³/mol. The Morgan fingerprint density at radius 3 is 1.81 bits per heavy atom. The molecule has 0 saturated heterocycles. The van der Waals surface area contributed by atoms with Crippen LogP contribution in [0.2, 0.25) is 0 Å². The van der Waals surface area contributed by atoms with E-state index in [1.54, 1.807) is 37.4 Å². The molecule has 0 atom stereocenters. The number of hydrogen-bond acceptors (Lipinski definition) is 4. The minimum absolute atomic E-state index is 0.0940. The number of carbonyl (C=O) groups is 2. The van der Waals surface area contributed by atoms with Crippen LogP contribution in [0, 0.1) is 0 Å². The van der Waals surface area contributed by atoms with Gasteiger partial charge in [0.25, 0.3) is 0 Å². The third-order valence-corrected chi connectivity index (χ3v) is 3.99. The lowest BCUT2D eigenvalue weighted by Gasteiger charge is -2.07. The SMILES string of the molecule is COc1ccc(-c2ccc(OC(=O)c3cccc(C(C)=O)c3)cc2)cc1. The summed E-state index contributed by atoms with van der Waals surface area (Å²) in [5, 5.41) is 0. The van der Waals surface area contributed by atoms with E-state index in [-0.39, 0.29) is 5.78 Å². The fourth-order valence-corrected chi connectivity index (χ4v) is 2.53. The molecule has 3 rings (SSSR count). The van der Waals surface area contributed by atoms with Crippen LogP contribution >= 0.6 is 0 Å². The van der Waals surface area contributed by atoms with Crippen LogP contribution in [0.4, 0.5) is 0 Å².